The lowest BCUT2D eigenvalue weighted by Gasteiger charge is -2.20. The third-order valence-electron chi connectivity index (χ3n) is 2.86. The Morgan fingerprint density at radius 2 is 1.65 bits per heavy atom. The quantitative estimate of drug-likeness (QED) is 0.487. The molecular weight excluding hydrogens is 264 g/mol. The van der Waals surface area contributed by atoms with Crippen molar-refractivity contribution in [1.29, 1.82) is 0 Å². The molecule has 0 aliphatic heterocycles. The Hall–Kier alpha value is -1.79. The summed E-state index contributed by atoms with van der Waals surface area (Å²) in [4.78, 5) is 33.1. The number of carbonyl (C=O) groups is 3. The molecule has 0 aromatic heterocycles. The minimum Gasteiger partial charge on any atom is -0.481 e. The van der Waals surface area contributed by atoms with Gasteiger partial charge in [0.25, 0.3) is 0 Å². The van der Waals surface area contributed by atoms with Crippen LogP contribution in [0.15, 0.2) is 0 Å². The summed E-state index contributed by atoms with van der Waals surface area (Å²) in [6.45, 7) is 4.05. The van der Waals surface area contributed by atoms with Gasteiger partial charge < -0.3 is 20.8 Å². The highest BCUT2D eigenvalue weighted by Crippen LogP contribution is 2.06. The molecule has 116 valence electrons. The molecule has 0 aliphatic rings. The first kappa shape index (κ1) is 18.2. The maximum absolute atomic E-state index is 11.7. The third-order valence-corrected chi connectivity index (χ3v) is 2.86. The van der Waals surface area contributed by atoms with Crippen molar-refractivity contribution in [2.24, 2.45) is 0 Å². The normalized spacial score (nSPS) is 13.3. The number of aliphatic carboxylic acids is 2. The lowest BCUT2D eigenvalue weighted by atomic mass is 10.1. The van der Waals surface area contributed by atoms with E-state index in [1.165, 1.54) is 0 Å². The van der Waals surface area contributed by atoms with Crippen LogP contribution in [0.5, 0.6) is 0 Å². The van der Waals surface area contributed by atoms with Gasteiger partial charge in [-0.15, -0.1) is 0 Å². The maximum atomic E-state index is 11.7. The smallest absolute Gasteiger partial charge is 0.326 e. The van der Waals surface area contributed by atoms with Crippen LogP contribution in [-0.2, 0) is 9.59 Å². The Morgan fingerprint density at radius 1 is 1.00 bits per heavy atom. The molecule has 0 bridgehead atoms. The van der Waals surface area contributed by atoms with E-state index in [0.717, 1.165) is 32.1 Å². The minimum absolute atomic E-state index is 0.0146. The number of amides is 2. The number of carbonyl (C=O) groups excluding carboxylic acids is 1. The highest BCUT2D eigenvalue weighted by Gasteiger charge is 2.23. The Morgan fingerprint density at radius 3 is 2.10 bits per heavy atom. The summed E-state index contributed by atoms with van der Waals surface area (Å²) in [5, 5.41) is 22.3. The number of unbranched alkanes of at least 4 members (excludes halogenated alkanes) is 1. The van der Waals surface area contributed by atoms with Crippen molar-refractivity contribution in [2.45, 2.75) is 64.5 Å². The standard InChI is InChI=1S/C13H24N2O5/c1-3-5-7-9(6-4-2)14-13(20)15-10(12(18)19)8-11(16)17/h9-10H,3-8H2,1-2H3,(H,16,17)(H,18,19)(H2,14,15,20). The molecule has 2 amide bonds. The van der Waals surface area contributed by atoms with Crippen LogP contribution in [0, 0.1) is 0 Å². The van der Waals surface area contributed by atoms with Crippen LogP contribution in [0.3, 0.4) is 0 Å². The summed E-state index contributed by atoms with van der Waals surface area (Å²) < 4.78 is 0. The van der Waals surface area contributed by atoms with Gasteiger partial charge in [-0.1, -0.05) is 33.1 Å². The number of hydrogen-bond acceptors (Lipinski definition) is 3. The van der Waals surface area contributed by atoms with Gasteiger partial charge in [-0.2, -0.15) is 0 Å². The number of carboxylic acid groups (broad SMARTS) is 2. The van der Waals surface area contributed by atoms with Gasteiger partial charge in [0.15, 0.2) is 0 Å². The Balaban J connectivity index is 4.39. The lowest BCUT2D eigenvalue weighted by Crippen LogP contribution is -2.49. The zero-order valence-electron chi connectivity index (χ0n) is 12.0. The van der Waals surface area contributed by atoms with Gasteiger partial charge in [-0.05, 0) is 12.8 Å². The van der Waals surface area contributed by atoms with Crippen molar-refractivity contribution in [1.82, 2.24) is 10.6 Å². The van der Waals surface area contributed by atoms with Crippen LogP contribution in [0.25, 0.3) is 0 Å². The molecule has 0 saturated carbocycles. The van der Waals surface area contributed by atoms with Crippen LogP contribution in [0.4, 0.5) is 4.79 Å². The molecule has 2 atom stereocenters. The Bertz CT molecular complexity index is 333. The van der Waals surface area contributed by atoms with Gasteiger partial charge in [0, 0.05) is 6.04 Å². The second-order valence-electron chi connectivity index (χ2n) is 4.73. The average molecular weight is 288 g/mol. The number of nitrogens with one attached hydrogen (secondary N) is 2. The molecule has 0 rings (SSSR count). The lowest BCUT2D eigenvalue weighted by molar-refractivity contribution is -0.145. The molecule has 0 aromatic rings. The summed E-state index contributed by atoms with van der Waals surface area (Å²) in [5.41, 5.74) is 0. The third kappa shape index (κ3) is 8.34. The van der Waals surface area contributed by atoms with E-state index in [0.29, 0.717) is 0 Å². The van der Waals surface area contributed by atoms with E-state index in [1.54, 1.807) is 0 Å². The molecule has 0 aliphatic carbocycles. The van der Waals surface area contributed by atoms with E-state index < -0.39 is 30.4 Å². The van der Waals surface area contributed by atoms with Crippen LogP contribution in [0.2, 0.25) is 0 Å². The summed E-state index contributed by atoms with van der Waals surface area (Å²) in [7, 11) is 0. The molecule has 0 aromatic carbocycles. The predicted octanol–water partition coefficient (Wildman–Crippen LogP) is 1.57. The molecule has 0 heterocycles. The van der Waals surface area contributed by atoms with E-state index in [4.69, 9.17) is 10.2 Å². The van der Waals surface area contributed by atoms with Crippen molar-refractivity contribution in [3.63, 3.8) is 0 Å². The number of hydrogen-bond donors (Lipinski definition) is 4. The van der Waals surface area contributed by atoms with Gasteiger partial charge in [0.05, 0.1) is 6.42 Å². The maximum Gasteiger partial charge on any atom is 0.326 e. The second-order valence-corrected chi connectivity index (χ2v) is 4.73. The van der Waals surface area contributed by atoms with Crippen LogP contribution in [0.1, 0.15) is 52.4 Å². The fourth-order valence-corrected chi connectivity index (χ4v) is 1.85. The Kier molecular flexibility index (Phi) is 9.15. The molecule has 0 spiro atoms. The monoisotopic (exact) mass is 288 g/mol. The fourth-order valence-electron chi connectivity index (χ4n) is 1.85. The molecule has 7 heteroatoms. The molecule has 4 N–H and O–H groups in total. The van der Waals surface area contributed by atoms with E-state index in [2.05, 4.69) is 17.6 Å². The molecule has 7 nitrogen and oxygen atoms in total. The van der Waals surface area contributed by atoms with Crippen molar-refractivity contribution in [2.75, 3.05) is 0 Å². The van der Waals surface area contributed by atoms with Crippen molar-refractivity contribution < 1.29 is 24.6 Å². The summed E-state index contributed by atoms with van der Waals surface area (Å²) in [6, 6.07) is -2.06. The first-order chi connectivity index (χ1) is 9.40. The molecule has 0 saturated heterocycles. The van der Waals surface area contributed by atoms with Gasteiger partial charge in [-0.25, -0.2) is 9.59 Å². The van der Waals surface area contributed by atoms with E-state index in [1.807, 2.05) is 6.92 Å². The fraction of sp³-hybridized carbons (Fsp3) is 0.769. The van der Waals surface area contributed by atoms with Crippen LogP contribution < -0.4 is 10.6 Å². The molecule has 2 unspecified atom stereocenters. The van der Waals surface area contributed by atoms with E-state index in [-0.39, 0.29) is 6.04 Å². The highest BCUT2D eigenvalue weighted by molar-refractivity contribution is 5.86. The second kappa shape index (κ2) is 10.1. The molecule has 0 fully saturated rings. The molecule has 20 heavy (non-hydrogen) atoms. The van der Waals surface area contributed by atoms with Crippen molar-refractivity contribution in [3.8, 4) is 0 Å². The zero-order valence-corrected chi connectivity index (χ0v) is 12.0. The molecular formula is C13H24N2O5. The first-order valence-corrected chi connectivity index (χ1v) is 6.92. The summed E-state index contributed by atoms with van der Waals surface area (Å²) in [5.74, 6) is -2.63. The average Bonchev–Trinajstić information content (AvgIpc) is 2.34. The van der Waals surface area contributed by atoms with E-state index in [9.17, 15) is 14.4 Å². The first-order valence-electron chi connectivity index (χ1n) is 6.92. The topological polar surface area (TPSA) is 116 Å². The van der Waals surface area contributed by atoms with Crippen molar-refractivity contribution >= 4 is 18.0 Å². The number of carboxylic acids is 2. The Labute approximate surface area is 118 Å². The van der Waals surface area contributed by atoms with Gasteiger partial charge in [0.2, 0.25) is 0 Å². The van der Waals surface area contributed by atoms with Crippen molar-refractivity contribution in [3.05, 3.63) is 0 Å². The van der Waals surface area contributed by atoms with Gasteiger partial charge in [-0.3, -0.25) is 4.79 Å². The largest absolute Gasteiger partial charge is 0.481 e. The SMILES string of the molecule is CCCCC(CCC)NC(=O)NC(CC(=O)O)C(=O)O. The zero-order chi connectivity index (χ0) is 15.5. The predicted molar refractivity (Wildman–Crippen MR) is 73.6 cm³/mol. The minimum atomic E-state index is -1.42. The van der Waals surface area contributed by atoms with Gasteiger partial charge in [0.1, 0.15) is 6.04 Å². The highest BCUT2D eigenvalue weighted by atomic mass is 16.4. The summed E-state index contributed by atoms with van der Waals surface area (Å²) >= 11 is 0. The van der Waals surface area contributed by atoms with Crippen LogP contribution in [-0.4, -0.2) is 40.3 Å². The molecule has 0 radical (unpaired) electrons. The number of rotatable bonds is 10. The van der Waals surface area contributed by atoms with E-state index >= 15 is 0 Å². The van der Waals surface area contributed by atoms with Crippen LogP contribution >= 0.6 is 0 Å². The van der Waals surface area contributed by atoms with Gasteiger partial charge >= 0.3 is 18.0 Å². The number of urea groups is 1. The summed E-state index contributed by atoms with van der Waals surface area (Å²) in [6.07, 6.45) is 3.89.